The minimum absolute atomic E-state index is 0.557. The molecule has 2 rings (SSSR count). The van der Waals surface area contributed by atoms with Crippen molar-refractivity contribution in [3.05, 3.63) is 49.6 Å². The van der Waals surface area contributed by atoms with Crippen molar-refractivity contribution in [2.24, 2.45) is 0 Å². The minimum atomic E-state index is -0.730. The molecule has 5 heteroatoms. The lowest BCUT2D eigenvalue weighted by Gasteiger charge is -2.15. The highest BCUT2D eigenvalue weighted by atomic mass is 79.9. The Balaban J connectivity index is 2.50. The van der Waals surface area contributed by atoms with Crippen molar-refractivity contribution in [3.8, 4) is 5.75 Å². The number of ether oxygens (including phenoxy) is 1. The van der Waals surface area contributed by atoms with Crippen LogP contribution in [0.2, 0.25) is 5.02 Å². The Morgan fingerprint density at radius 2 is 2.24 bits per heavy atom. The first kappa shape index (κ1) is 12.9. The van der Waals surface area contributed by atoms with Gasteiger partial charge in [-0.3, -0.25) is 0 Å². The van der Waals surface area contributed by atoms with Gasteiger partial charge in [0.1, 0.15) is 11.9 Å². The number of hydrogen-bond donors (Lipinski definition) is 1. The first-order valence-corrected chi connectivity index (χ1v) is 6.98. The lowest BCUT2D eigenvalue weighted by Crippen LogP contribution is -2.02. The highest BCUT2D eigenvalue weighted by molar-refractivity contribution is 9.10. The van der Waals surface area contributed by atoms with E-state index in [4.69, 9.17) is 16.3 Å². The average molecular weight is 334 g/mol. The smallest absolute Gasteiger partial charge is 0.139 e. The molecule has 2 nitrogen and oxygen atoms in total. The highest BCUT2D eigenvalue weighted by Gasteiger charge is 2.18. The van der Waals surface area contributed by atoms with Crippen LogP contribution in [0.15, 0.2) is 33.4 Å². The molecule has 0 amide bonds. The van der Waals surface area contributed by atoms with Gasteiger partial charge in [-0.15, -0.1) is 0 Å². The number of benzene rings is 1. The quantitative estimate of drug-likeness (QED) is 0.909. The Labute approximate surface area is 117 Å². The molecule has 0 saturated carbocycles. The molecule has 0 fully saturated rings. The van der Waals surface area contributed by atoms with Gasteiger partial charge >= 0.3 is 0 Å². The van der Waals surface area contributed by atoms with Crippen LogP contribution in [0.3, 0.4) is 0 Å². The van der Waals surface area contributed by atoms with Crippen LogP contribution in [-0.4, -0.2) is 12.2 Å². The van der Waals surface area contributed by atoms with E-state index in [9.17, 15) is 5.11 Å². The molecular weight excluding hydrogens is 324 g/mol. The number of halogens is 2. The number of aliphatic hydroxyl groups is 1. The maximum absolute atomic E-state index is 10.3. The Kier molecular flexibility index (Phi) is 4.09. The standard InChI is InChI=1S/C12H10BrClO2S/c1-16-12-9(4-8(14)5-10(12)13)11(15)7-2-3-17-6-7/h2-6,11,15H,1H3. The second kappa shape index (κ2) is 5.40. The molecule has 1 N–H and O–H groups in total. The van der Waals surface area contributed by atoms with Crippen LogP contribution in [0.1, 0.15) is 17.2 Å². The number of rotatable bonds is 3. The molecule has 1 heterocycles. The van der Waals surface area contributed by atoms with Crippen LogP contribution >= 0.6 is 38.9 Å². The molecule has 0 radical (unpaired) electrons. The van der Waals surface area contributed by atoms with Crippen LogP contribution in [0.25, 0.3) is 0 Å². The van der Waals surface area contributed by atoms with Gasteiger partial charge in [-0.25, -0.2) is 0 Å². The summed E-state index contributed by atoms with van der Waals surface area (Å²) in [4.78, 5) is 0. The van der Waals surface area contributed by atoms with E-state index in [-0.39, 0.29) is 0 Å². The third kappa shape index (κ3) is 2.65. The van der Waals surface area contributed by atoms with E-state index in [1.54, 1.807) is 19.2 Å². The molecule has 0 saturated heterocycles. The Morgan fingerprint density at radius 3 is 2.82 bits per heavy atom. The van der Waals surface area contributed by atoms with E-state index in [2.05, 4.69) is 15.9 Å². The van der Waals surface area contributed by atoms with Gasteiger partial charge in [0.2, 0.25) is 0 Å². The zero-order valence-electron chi connectivity index (χ0n) is 8.98. The van der Waals surface area contributed by atoms with Crippen molar-refractivity contribution in [2.75, 3.05) is 7.11 Å². The summed E-state index contributed by atoms with van der Waals surface area (Å²) in [7, 11) is 1.57. The van der Waals surface area contributed by atoms with Gasteiger partial charge in [0.15, 0.2) is 0 Å². The summed E-state index contributed by atoms with van der Waals surface area (Å²) < 4.78 is 6.02. The predicted molar refractivity (Wildman–Crippen MR) is 74.1 cm³/mol. The Bertz CT molecular complexity index is 513. The predicted octanol–water partition coefficient (Wildman–Crippen LogP) is 4.25. The maximum atomic E-state index is 10.3. The fraction of sp³-hybridized carbons (Fsp3) is 0.167. The molecule has 1 unspecified atom stereocenters. The number of hydrogen-bond acceptors (Lipinski definition) is 3. The summed E-state index contributed by atoms with van der Waals surface area (Å²) in [5, 5.41) is 14.7. The molecule has 0 aliphatic rings. The van der Waals surface area contributed by atoms with Gasteiger partial charge < -0.3 is 9.84 Å². The zero-order chi connectivity index (χ0) is 12.4. The molecule has 0 bridgehead atoms. The van der Waals surface area contributed by atoms with Gasteiger partial charge in [-0.1, -0.05) is 11.6 Å². The van der Waals surface area contributed by atoms with Crippen molar-refractivity contribution in [1.29, 1.82) is 0 Å². The first-order valence-electron chi connectivity index (χ1n) is 4.86. The number of aliphatic hydroxyl groups excluding tert-OH is 1. The molecule has 90 valence electrons. The largest absolute Gasteiger partial charge is 0.495 e. The SMILES string of the molecule is COc1c(Br)cc(Cl)cc1C(O)c1ccsc1. The van der Waals surface area contributed by atoms with E-state index < -0.39 is 6.10 Å². The van der Waals surface area contributed by atoms with E-state index in [1.807, 2.05) is 16.8 Å². The summed E-state index contributed by atoms with van der Waals surface area (Å²) in [5.41, 5.74) is 1.49. The van der Waals surface area contributed by atoms with Crippen molar-refractivity contribution in [3.63, 3.8) is 0 Å². The van der Waals surface area contributed by atoms with E-state index >= 15 is 0 Å². The van der Waals surface area contributed by atoms with E-state index in [1.165, 1.54) is 11.3 Å². The van der Waals surface area contributed by atoms with E-state index in [0.29, 0.717) is 16.3 Å². The molecule has 2 aromatic rings. The number of thiophene rings is 1. The van der Waals surface area contributed by atoms with Gasteiger partial charge in [0.05, 0.1) is 11.6 Å². The average Bonchev–Trinajstić information content (AvgIpc) is 2.80. The Morgan fingerprint density at radius 1 is 1.47 bits per heavy atom. The molecular formula is C12H10BrClO2S. The molecule has 0 aliphatic heterocycles. The summed E-state index contributed by atoms with van der Waals surface area (Å²) in [6.07, 6.45) is -0.730. The summed E-state index contributed by atoms with van der Waals surface area (Å²) >= 11 is 10.9. The highest BCUT2D eigenvalue weighted by Crippen LogP contribution is 2.38. The van der Waals surface area contributed by atoms with Gasteiger partial charge in [-0.2, -0.15) is 11.3 Å². The third-order valence-electron chi connectivity index (χ3n) is 2.39. The zero-order valence-corrected chi connectivity index (χ0v) is 12.1. The topological polar surface area (TPSA) is 29.5 Å². The van der Waals surface area contributed by atoms with Crippen molar-refractivity contribution in [2.45, 2.75) is 6.10 Å². The molecule has 1 atom stereocenters. The second-order valence-corrected chi connectivity index (χ2v) is 5.54. The lowest BCUT2D eigenvalue weighted by molar-refractivity contribution is 0.215. The van der Waals surface area contributed by atoms with Gasteiger partial charge in [0.25, 0.3) is 0 Å². The minimum Gasteiger partial charge on any atom is -0.495 e. The summed E-state index contributed by atoms with van der Waals surface area (Å²) in [5.74, 6) is 0.605. The fourth-order valence-electron chi connectivity index (χ4n) is 1.61. The molecule has 0 aliphatic carbocycles. The fourth-order valence-corrected chi connectivity index (χ4v) is 3.28. The molecule has 17 heavy (non-hydrogen) atoms. The van der Waals surface area contributed by atoms with E-state index in [0.717, 1.165) is 10.0 Å². The second-order valence-electron chi connectivity index (χ2n) is 3.47. The van der Waals surface area contributed by atoms with Gasteiger partial charge in [0, 0.05) is 10.6 Å². The summed E-state index contributed by atoms with van der Waals surface area (Å²) in [6, 6.07) is 5.33. The van der Waals surface area contributed by atoms with Gasteiger partial charge in [-0.05, 0) is 50.5 Å². The lowest BCUT2D eigenvalue weighted by atomic mass is 10.0. The van der Waals surface area contributed by atoms with Crippen molar-refractivity contribution in [1.82, 2.24) is 0 Å². The van der Waals surface area contributed by atoms with Crippen LogP contribution in [0, 0.1) is 0 Å². The molecule has 1 aromatic carbocycles. The van der Waals surface area contributed by atoms with Crippen molar-refractivity contribution < 1.29 is 9.84 Å². The van der Waals surface area contributed by atoms with Crippen LogP contribution in [0.4, 0.5) is 0 Å². The van der Waals surface area contributed by atoms with Crippen LogP contribution in [0.5, 0.6) is 5.75 Å². The van der Waals surface area contributed by atoms with Crippen molar-refractivity contribution >= 4 is 38.9 Å². The maximum Gasteiger partial charge on any atom is 0.139 e. The summed E-state index contributed by atoms with van der Waals surface area (Å²) in [6.45, 7) is 0. The van der Waals surface area contributed by atoms with Crippen LogP contribution < -0.4 is 4.74 Å². The normalized spacial score (nSPS) is 12.5. The number of methoxy groups -OCH3 is 1. The molecule has 1 aromatic heterocycles. The molecule has 0 spiro atoms. The third-order valence-corrected chi connectivity index (χ3v) is 3.90. The first-order chi connectivity index (χ1) is 8.13. The Hall–Kier alpha value is -0.550. The monoisotopic (exact) mass is 332 g/mol. The van der Waals surface area contributed by atoms with Crippen LogP contribution in [-0.2, 0) is 0 Å².